The minimum atomic E-state index is -2.94. The van der Waals surface area contributed by atoms with Crippen molar-refractivity contribution in [3.05, 3.63) is 58.8 Å². The third kappa shape index (κ3) is 5.92. The van der Waals surface area contributed by atoms with Gasteiger partial charge >= 0.3 is 6.03 Å². The van der Waals surface area contributed by atoms with Crippen molar-refractivity contribution in [2.45, 2.75) is 32.2 Å². The van der Waals surface area contributed by atoms with E-state index in [-0.39, 0.29) is 34.7 Å². The second kappa shape index (κ2) is 8.81. The molecule has 1 atom stereocenters. The van der Waals surface area contributed by atoms with Crippen molar-refractivity contribution < 1.29 is 18.3 Å². The molecule has 1 aromatic carbocycles. The van der Waals surface area contributed by atoms with E-state index in [2.05, 4.69) is 10.3 Å². The zero-order valence-electron chi connectivity index (χ0n) is 14.9. The topological polar surface area (TPSA) is 77.2 Å². The number of carbonyl (C=O) groups is 1. The van der Waals surface area contributed by atoms with Crippen molar-refractivity contribution >= 4 is 23.7 Å². The molecule has 5 nitrogen and oxygen atoms in total. The number of urea groups is 1. The van der Waals surface area contributed by atoms with Crippen molar-refractivity contribution in [2.24, 2.45) is 5.73 Å². The van der Waals surface area contributed by atoms with Gasteiger partial charge in [-0.05, 0) is 36.8 Å². The Balaban J connectivity index is 2.06. The molecular formula is C19H20ClF2N3O2. The summed E-state index contributed by atoms with van der Waals surface area (Å²) in [6.45, 7) is 3.18. The number of pyridine rings is 1. The lowest BCUT2D eigenvalue weighted by atomic mass is 10.1. The molecule has 1 heterocycles. The number of rotatable bonds is 7. The molecule has 0 bridgehead atoms. The average Bonchev–Trinajstić information content (AvgIpc) is 2.62. The van der Waals surface area contributed by atoms with Crippen molar-refractivity contribution in [2.75, 3.05) is 0 Å². The van der Waals surface area contributed by atoms with Gasteiger partial charge in [0.1, 0.15) is 5.75 Å². The van der Waals surface area contributed by atoms with E-state index < -0.39 is 12.0 Å². The van der Waals surface area contributed by atoms with E-state index in [0.29, 0.717) is 0 Å². The van der Waals surface area contributed by atoms with Gasteiger partial charge in [0, 0.05) is 30.3 Å². The first-order valence-electron chi connectivity index (χ1n) is 8.27. The summed E-state index contributed by atoms with van der Waals surface area (Å²) in [6, 6.07) is 6.43. The van der Waals surface area contributed by atoms with E-state index in [1.807, 2.05) is 0 Å². The molecule has 0 unspecified atom stereocenters. The third-order valence-corrected chi connectivity index (χ3v) is 4.01. The number of amides is 2. The molecule has 2 aromatic rings. The second-order valence-corrected chi connectivity index (χ2v) is 6.30. The standard InChI is InChI=1S/C19H20ClF2N3O2/c1-3-19(21,22)14-7-8-16(15(20)10-14)27-17-9-6-13(11-24-17)5-4-12(2)25-18(23)26/h4-12H,3H2,1-2H3,(H3,23,25,26)/b5-4+/t12-/m0/s1. The first-order valence-corrected chi connectivity index (χ1v) is 8.65. The number of nitrogens with one attached hydrogen (secondary N) is 1. The van der Waals surface area contributed by atoms with E-state index in [4.69, 9.17) is 22.1 Å². The summed E-state index contributed by atoms with van der Waals surface area (Å²) in [5.74, 6) is -2.43. The minimum Gasteiger partial charge on any atom is -0.437 e. The van der Waals surface area contributed by atoms with E-state index in [9.17, 15) is 13.6 Å². The van der Waals surface area contributed by atoms with Crippen molar-refractivity contribution in [1.82, 2.24) is 10.3 Å². The maximum atomic E-state index is 13.7. The molecular weight excluding hydrogens is 376 g/mol. The van der Waals surface area contributed by atoms with Gasteiger partial charge in [-0.1, -0.05) is 30.7 Å². The SMILES string of the molecule is CCC(F)(F)c1ccc(Oc2ccc(/C=C/[C@H](C)NC(N)=O)cn2)c(Cl)c1. The Kier molecular flexibility index (Phi) is 6.74. The van der Waals surface area contributed by atoms with Crippen LogP contribution in [-0.2, 0) is 5.92 Å². The largest absolute Gasteiger partial charge is 0.437 e. The number of alkyl halides is 2. The van der Waals surface area contributed by atoms with Gasteiger partial charge in [0.05, 0.1) is 5.02 Å². The van der Waals surface area contributed by atoms with Crippen LogP contribution in [0.2, 0.25) is 5.02 Å². The van der Waals surface area contributed by atoms with Crippen molar-refractivity contribution in [1.29, 1.82) is 0 Å². The lowest BCUT2D eigenvalue weighted by Gasteiger charge is -2.15. The molecule has 0 fully saturated rings. The molecule has 1 aromatic heterocycles. The summed E-state index contributed by atoms with van der Waals surface area (Å²) in [5, 5.41) is 2.60. The Labute approximate surface area is 161 Å². The molecule has 2 amide bonds. The summed E-state index contributed by atoms with van der Waals surface area (Å²) in [7, 11) is 0. The lowest BCUT2D eigenvalue weighted by molar-refractivity contribution is -0.00830. The smallest absolute Gasteiger partial charge is 0.312 e. The normalized spacial score (nSPS) is 12.8. The Morgan fingerprint density at radius 3 is 2.70 bits per heavy atom. The minimum absolute atomic E-state index is 0.0812. The van der Waals surface area contributed by atoms with Gasteiger partial charge in [0.25, 0.3) is 5.92 Å². The summed E-state index contributed by atoms with van der Waals surface area (Å²) >= 11 is 6.06. The van der Waals surface area contributed by atoms with Crippen LogP contribution in [0.15, 0.2) is 42.6 Å². The molecule has 0 saturated heterocycles. The summed E-state index contributed by atoms with van der Waals surface area (Å²) in [5.41, 5.74) is 5.67. The highest BCUT2D eigenvalue weighted by atomic mass is 35.5. The van der Waals surface area contributed by atoms with Crippen molar-refractivity contribution in [3.63, 3.8) is 0 Å². The molecule has 0 radical (unpaired) electrons. The van der Waals surface area contributed by atoms with Crippen LogP contribution in [0.1, 0.15) is 31.4 Å². The number of carbonyl (C=O) groups excluding carboxylic acids is 1. The van der Waals surface area contributed by atoms with Gasteiger partial charge in [0.2, 0.25) is 5.88 Å². The van der Waals surface area contributed by atoms with Gasteiger partial charge in [-0.25, -0.2) is 18.6 Å². The Hall–Kier alpha value is -2.67. The predicted octanol–water partition coefficient (Wildman–Crippen LogP) is 5.10. The highest BCUT2D eigenvalue weighted by molar-refractivity contribution is 6.32. The highest BCUT2D eigenvalue weighted by Crippen LogP contribution is 2.37. The number of nitrogens with zero attached hydrogens (tertiary/aromatic N) is 1. The van der Waals surface area contributed by atoms with Crippen LogP contribution in [0.4, 0.5) is 13.6 Å². The average molecular weight is 396 g/mol. The fraction of sp³-hybridized carbons (Fsp3) is 0.263. The van der Waals surface area contributed by atoms with Gasteiger partial charge in [0.15, 0.2) is 0 Å². The number of halogens is 3. The van der Waals surface area contributed by atoms with Gasteiger partial charge in [-0.2, -0.15) is 0 Å². The number of hydrogen-bond donors (Lipinski definition) is 2. The van der Waals surface area contributed by atoms with Crippen LogP contribution >= 0.6 is 11.6 Å². The van der Waals surface area contributed by atoms with Gasteiger partial charge in [-0.15, -0.1) is 0 Å². The summed E-state index contributed by atoms with van der Waals surface area (Å²) < 4.78 is 33.0. The number of primary amides is 1. The third-order valence-electron chi connectivity index (χ3n) is 3.72. The number of hydrogen-bond acceptors (Lipinski definition) is 3. The van der Waals surface area contributed by atoms with Crippen molar-refractivity contribution in [3.8, 4) is 11.6 Å². The highest BCUT2D eigenvalue weighted by Gasteiger charge is 2.29. The molecule has 8 heteroatoms. The maximum Gasteiger partial charge on any atom is 0.312 e. The molecule has 0 aliphatic heterocycles. The van der Waals surface area contributed by atoms with E-state index in [1.54, 1.807) is 37.4 Å². The predicted molar refractivity (Wildman–Crippen MR) is 101 cm³/mol. The molecule has 3 N–H and O–H groups in total. The second-order valence-electron chi connectivity index (χ2n) is 5.89. The van der Waals surface area contributed by atoms with Crippen LogP contribution < -0.4 is 15.8 Å². The van der Waals surface area contributed by atoms with E-state index in [1.165, 1.54) is 25.1 Å². The molecule has 144 valence electrons. The fourth-order valence-electron chi connectivity index (χ4n) is 2.21. The van der Waals surface area contributed by atoms with Crippen LogP contribution in [0.5, 0.6) is 11.6 Å². The fourth-order valence-corrected chi connectivity index (χ4v) is 2.43. The molecule has 0 aliphatic carbocycles. The maximum absolute atomic E-state index is 13.7. The molecule has 27 heavy (non-hydrogen) atoms. The Morgan fingerprint density at radius 2 is 2.15 bits per heavy atom. The Bertz CT molecular complexity index is 826. The number of ether oxygens (including phenoxy) is 1. The van der Waals surface area contributed by atoms with E-state index in [0.717, 1.165) is 5.56 Å². The van der Waals surface area contributed by atoms with Crippen LogP contribution in [0.3, 0.4) is 0 Å². The number of nitrogens with two attached hydrogens (primary N) is 1. The first-order chi connectivity index (χ1) is 12.7. The zero-order chi connectivity index (χ0) is 20.0. The summed E-state index contributed by atoms with van der Waals surface area (Å²) in [4.78, 5) is 14.9. The van der Waals surface area contributed by atoms with Crippen LogP contribution in [-0.4, -0.2) is 17.1 Å². The quantitative estimate of drug-likeness (QED) is 0.684. The number of aromatic nitrogens is 1. The molecule has 0 aliphatic rings. The zero-order valence-corrected chi connectivity index (χ0v) is 15.6. The van der Waals surface area contributed by atoms with E-state index >= 15 is 0 Å². The monoisotopic (exact) mass is 395 g/mol. The van der Waals surface area contributed by atoms with Crippen LogP contribution in [0.25, 0.3) is 6.08 Å². The number of benzene rings is 1. The summed E-state index contributed by atoms with van der Waals surface area (Å²) in [6.07, 6.45) is 4.78. The first kappa shape index (κ1) is 20.6. The molecule has 0 spiro atoms. The van der Waals surface area contributed by atoms with Gasteiger partial charge < -0.3 is 15.8 Å². The lowest BCUT2D eigenvalue weighted by Crippen LogP contribution is -2.35. The van der Waals surface area contributed by atoms with Crippen LogP contribution in [0, 0.1) is 0 Å². The Morgan fingerprint density at radius 1 is 1.41 bits per heavy atom. The molecule has 0 saturated carbocycles. The van der Waals surface area contributed by atoms with Gasteiger partial charge in [-0.3, -0.25) is 0 Å². The molecule has 2 rings (SSSR count).